The SMILES string of the molecule is COC1=CCc2ncccc2N1CCCCC[C@H]1CN(c2ccc3c(c2)OCCO3)C(=O)O1. The van der Waals surface area contributed by atoms with Crippen LogP contribution in [0.5, 0.6) is 11.5 Å². The van der Waals surface area contributed by atoms with Crippen molar-refractivity contribution in [2.45, 2.75) is 38.2 Å². The Morgan fingerprint density at radius 2 is 2.00 bits per heavy atom. The fraction of sp³-hybridized carbons (Fsp3) is 0.440. The number of nitrogens with zero attached hydrogens (tertiary/aromatic N) is 3. The van der Waals surface area contributed by atoms with Gasteiger partial charge < -0.3 is 23.8 Å². The predicted octanol–water partition coefficient (Wildman–Crippen LogP) is 4.29. The van der Waals surface area contributed by atoms with Crippen LogP contribution >= 0.6 is 0 Å². The third-order valence-electron chi connectivity index (χ3n) is 6.22. The van der Waals surface area contributed by atoms with Crippen LogP contribution in [0.4, 0.5) is 16.2 Å². The van der Waals surface area contributed by atoms with E-state index < -0.39 is 0 Å². The average Bonchev–Trinajstić information content (AvgIpc) is 3.23. The number of hydrogen-bond donors (Lipinski definition) is 0. The lowest BCUT2D eigenvalue weighted by Gasteiger charge is -2.30. The molecule has 8 heteroatoms. The second-order valence-electron chi connectivity index (χ2n) is 8.37. The Bertz CT molecular complexity index is 1040. The Hall–Kier alpha value is -3.42. The molecule has 1 aromatic carbocycles. The molecule has 0 radical (unpaired) electrons. The number of amides is 1. The van der Waals surface area contributed by atoms with Crippen molar-refractivity contribution in [2.75, 3.05) is 43.2 Å². The Morgan fingerprint density at radius 1 is 1.12 bits per heavy atom. The van der Waals surface area contributed by atoms with Crippen molar-refractivity contribution in [3.63, 3.8) is 0 Å². The summed E-state index contributed by atoms with van der Waals surface area (Å²) in [6.07, 6.45) is 8.21. The highest BCUT2D eigenvalue weighted by Crippen LogP contribution is 2.35. The summed E-state index contributed by atoms with van der Waals surface area (Å²) in [5, 5.41) is 0. The number of unbranched alkanes of at least 4 members (excludes halogenated alkanes) is 2. The molecule has 1 atom stereocenters. The zero-order chi connectivity index (χ0) is 22.6. The Labute approximate surface area is 193 Å². The predicted molar refractivity (Wildman–Crippen MR) is 124 cm³/mol. The fourth-order valence-corrected chi connectivity index (χ4v) is 4.57. The minimum absolute atomic E-state index is 0.0972. The van der Waals surface area contributed by atoms with Crippen molar-refractivity contribution >= 4 is 17.5 Å². The maximum atomic E-state index is 12.4. The Kier molecular flexibility index (Phi) is 6.24. The number of rotatable bonds is 8. The smallest absolute Gasteiger partial charge is 0.414 e. The number of ether oxygens (including phenoxy) is 4. The molecule has 0 unspecified atom stereocenters. The van der Waals surface area contributed by atoms with Gasteiger partial charge in [0.2, 0.25) is 0 Å². The molecule has 0 saturated carbocycles. The van der Waals surface area contributed by atoms with E-state index in [0.717, 1.165) is 61.6 Å². The summed E-state index contributed by atoms with van der Waals surface area (Å²) in [6, 6.07) is 9.64. The van der Waals surface area contributed by atoms with Gasteiger partial charge in [0.1, 0.15) is 19.3 Å². The van der Waals surface area contributed by atoms with Crippen molar-refractivity contribution < 1.29 is 23.7 Å². The fourth-order valence-electron chi connectivity index (χ4n) is 4.57. The monoisotopic (exact) mass is 451 g/mol. The van der Waals surface area contributed by atoms with Crippen molar-refractivity contribution in [1.29, 1.82) is 0 Å². The first-order chi connectivity index (χ1) is 16.2. The van der Waals surface area contributed by atoms with Crippen molar-refractivity contribution in [2.24, 2.45) is 0 Å². The van der Waals surface area contributed by atoms with Crippen LogP contribution in [0.1, 0.15) is 31.4 Å². The average molecular weight is 452 g/mol. The minimum Gasteiger partial charge on any atom is -0.486 e. The number of methoxy groups -OCH3 is 1. The Morgan fingerprint density at radius 3 is 2.88 bits per heavy atom. The van der Waals surface area contributed by atoms with Gasteiger partial charge in [-0.15, -0.1) is 0 Å². The van der Waals surface area contributed by atoms with Gasteiger partial charge in [0, 0.05) is 25.2 Å². The van der Waals surface area contributed by atoms with E-state index in [9.17, 15) is 4.79 Å². The first kappa shape index (κ1) is 21.4. The first-order valence-electron chi connectivity index (χ1n) is 11.6. The summed E-state index contributed by atoms with van der Waals surface area (Å²) >= 11 is 0. The highest BCUT2D eigenvalue weighted by atomic mass is 16.6. The van der Waals surface area contributed by atoms with Gasteiger partial charge in [-0.1, -0.05) is 6.42 Å². The third-order valence-corrected chi connectivity index (χ3v) is 6.22. The summed E-state index contributed by atoms with van der Waals surface area (Å²) in [4.78, 5) is 20.8. The van der Waals surface area contributed by atoms with Crippen LogP contribution in [0.3, 0.4) is 0 Å². The molecule has 174 valence electrons. The second kappa shape index (κ2) is 9.60. The number of anilines is 2. The Balaban J connectivity index is 1.10. The van der Waals surface area contributed by atoms with Crippen molar-refractivity contribution in [3.8, 4) is 11.5 Å². The molecule has 3 aliphatic heterocycles. The molecule has 8 nitrogen and oxygen atoms in total. The number of fused-ring (bicyclic) bond motifs is 2. The molecular weight excluding hydrogens is 422 g/mol. The van der Waals surface area contributed by atoms with E-state index in [0.29, 0.717) is 31.3 Å². The van der Waals surface area contributed by atoms with Crippen LogP contribution in [-0.2, 0) is 15.9 Å². The molecule has 1 amide bonds. The molecule has 0 spiro atoms. The lowest BCUT2D eigenvalue weighted by Crippen LogP contribution is -2.29. The van der Waals surface area contributed by atoms with Gasteiger partial charge in [-0.05, 0) is 49.6 Å². The zero-order valence-electron chi connectivity index (χ0n) is 18.9. The van der Waals surface area contributed by atoms with E-state index in [-0.39, 0.29) is 12.2 Å². The molecular formula is C25H29N3O5. The lowest BCUT2D eigenvalue weighted by atomic mass is 10.1. The maximum Gasteiger partial charge on any atom is 0.414 e. The van der Waals surface area contributed by atoms with Crippen LogP contribution in [0, 0.1) is 0 Å². The van der Waals surface area contributed by atoms with Gasteiger partial charge in [0.15, 0.2) is 17.4 Å². The normalized spacial score (nSPS) is 19.1. The van der Waals surface area contributed by atoms with E-state index >= 15 is 0 Å². The lowest BCUT2D eigenvalue weighted by molar-refractivity contribution is 0.135. The topological polar surface area (TPSA) is 73.4 Å². The molecule has 33 heavy (non-hydrogen) atoms. The molecule has 2 aromatic rings. The van der Waals surface area contributed by atoms with Gasteiger partial charge in [-0.2, -0.15) is 0 Å². The molecule has 3 aliphatic rings. The number of carbonyl (C=O) groups excluding carboxylic acids is 1. The largest absolute Gasteiger partial charge is 0.486 e. The summed E-state index contributed by atoms with van der Waals surface area (Å²) in [6.45, 7) is 2.49. The van der Waals surface area contributed by atoms with Crippen LogP contribution in [-0.4, -0.2) is 50.6 Å². The molecule has 1 fully saturated rings. The maximum absolute atomic E-state index is 12.4. The summed E-state index contributed by atoms with van der Waals surface area (Å²) < 4.78 is 22.4. The van der Waals surface area contributed by atoms with Crippen LogP contribution in [0.25, 0.3) is 0 Å². The molecule has 5 rings (SSSR count). The highest BCUT2D eigenvalue weighted by Gasteiger charge is 2.32. The van der Waals surface area contributed by atoms with Crippen molar-refractivity contribution in [3.05, 3.63) is 54.2 Å². The third kappa shape index (κ3) is 4.55. The molecule has 1 saturated heterocycles. The van der Waals surface area contributed by atoms with Crippen LogP contribution in [0.2, 0.25) is 0 Å². The number of aromatic nitrogens is 1. The molecule has 0 aliphatic carbocycles. The summed E-state index contributed by atoms with van der Waals surface area (Å²) in [5.74, 6) is 2.27. The number of cyclic esters (lactones) is 1. The summed E-state index contributed by atoms with van der Waals surface area (Å²) in [5.41, 5.74) is 2.98. The van der Waals surface area contributed by atoms with Crippen molar-refractivity contribution in [1.82, 2.24) is 4.98 Å². The second-order valence-corrected chi connectivity index (χ2v) is 8.37. The van der Waals surface area contributed by atoms with E-state index in [1.165, 1.54) is 0 Å². The highest BCUT2D eigenvalue weighted by molar-refractivity contribution is 5.90. The van der Waals surface area contributed by atoms with Crippen LogP contribution < -0.4 is 19.3 Å². The number of allylic oxidation sites excluding steroid dienone is 1. The van der Waals surface area contributed by atoms with Gasteiger partial charge in [-0.3, -0.25) is 9.88 Å². The van der Waals surface area contributed by atoms with Gasteiger partial charge in [-0.25, -0.2) is 4.79 Å². The van der Waals surface area contributed by atoms with Crippen LogP contribution in [0.15, 0.2) is 48.5 Å². The molecule has 0 bridgehead atoms. The molecule has 1 aromatic heterocycles. The zero-order valence-corrected chi connectivity index (χ0v) is 18.9. The van der Waals surface area contributed by atoms with Gasteiger partial charge in [0.25, 0.3) is 0 Å². The van der Waals surface area contributed by atoms with Gasteiger partial charge in [0.05, 0.1) is 30.7 Å². The number of pyridine rings is 1. The van der Waals surface area contributed by atoms with E-state index in [2.05, 4.69) is 22.0 Å². The number of hydrogen-bond acceptors (Lipinski definition) is 7. The summed E-state index contributed by atoms with van der Waals surface area (Å²) in [7, 11) is 1.71. The van der Waals surface area contributed by atoms with E-state index in [1.54, 1.807) is 12.0 Å². The standard InChI is InChI=1S/C25H29N3O5/c1-30-24-11-9-20-21(7-5-12-26-20)27(24)13-4-2-3-6-19-17-28(25(29)33-19)18-8-10-22-23(16-18)32-15-14-31-22/h5,7-8,10-12,16,19H,2-4,6,9,13-15,17H2,1H3/t19-/m0/s1. The van der Waals surface area contributed by atoms with Gasteiger partial charge >= 0.3 is 6.09 Å². The molecule has 0 N–H and O–H groups in total. The number of carbonyl (C=O) groups is 1. The van der Waals surface area contributed by atoms with E-state index in [1.807, 2.05) is 30.5 Å². The minimum atomic E-state index is -0.302. The van der Waals surface area contributed by atoms with E-state index in [4.69, 9.17) is 18.9 Å². The molecule has 4 heterocycles. The first-order valence-corrected chi connectivity index (χ1v) is 11.6. The quantitative estimate of drug-likeness (QED) is 0.555. The number of benzene rings is 1.